The second-order valence-corrected chi connectivity index (χ2v) is 4.94. The van der Waals surface area contributed by atoms with Gasteiger partial charge in [0.05, 0.1) is 0 Å². The Morgan fingerprint density at radius 1 is 0.810 bits per heavy atom. The number of anilines is 1. The Bertz CT molecular complexity index is 526. The fourth-order valence-corrected chi connectivity index (χ4v) is 1.47. The Labute approximate surface area is 119 Å². The molecule has 0 radical (unpaired) electrons. The molecule has 0 bridgehead atoms. The van der Waals surface area contributed by atoms with E-state index >= 15 is 0 Å². The summed E-state index contributed by atoms with van der Waals surface area (Å²) in [5, 5.41) is 4.86. The fraction of sp³-hybridized carbons (Fsp3) is 0.462. The van der Waals surface area contributed by atoms with Crippen molar-refractivity contribution in [2.75, 3.05) is 5.32 Å². The molecular weight excluding hydrogens is 293 g/mol. The van der Waals surface area contributed by atoms with Crippen molar-refractivity contribution in [3.8, 4) is 0 Å². The zero-order valence-corrected chi connectivity index (χ0v) is 12.0. The van der Waals surface area contributed by atoms with Crippen molar-refractivity contribution in [2.24, 2.45) is 4.99 Å². The summed E-state index contributed by atoms with van der Waals surface area (Å²) in [6.45, 7) is 6.86. The number of hydrogen-bond acceptors (Lipinski definition) is 1. The number of benzene rings is 1. The molecule has 0 aliphatic heterocycles. The van der Waals surface area contributed by atoms with Crippen LogP contribution in [0.25, 0.3) is 0 Å². The van der Waals surface area contributed by atoms with E-state index in [0.29, 0.717) is 0 Å². The topological polar surface area (TPSA) is 36.4 Å². The maximum atomic E-state index is 13.6. The van der Waals surface area contributed by atoms with Gasteiger partial charge in [-0.3, -0.25) is 4.99 Å². The molecule has 0 fully saturated rings. The van der Waals surface area contributed by atoms with E-state index in [4.69, 9.17) is 0 Å². The quantitative estimate of drug-likeness (QED) is 0.294. The lowest BCUT2D eigenvalue weighted by molar-refractivity contribution is 0.382. The molecule has 0 spiro atoms. The minimum absolute atomic E-state index is 0.0804. The second kappa shape index (κ2) is 6.73. The van der Waals surface area contributed by atoms with Gasteiger partial charge >= 0.3 is 0 Å². The second-order valence-electron chi connectivity index (χ2n) is 4.94. The fourth-order valence-electron chi connectivity index (χ4n) is 1.47. The minimum atomic E-state index is -2.20. The van der Waals surface area contributed by atoms with Gasteiger partial charge in [-0.1, -0.05) is 0 Å². The molecule has 1 rings (SSSR count). The molecule has 1 aromatic rings. The van der Waals surface area contributed by atoms with Gasteiger partial charge in [-0.2, -0.15) is 0 Å². The van der Waals surface area contributed by atoms with Crippen LogP contribution < -0.4 is 10.6 Å². The molecule has 0 saturated carbocycles. The van der Waals surface area contributed by atoms with E-state index < -0.39 is 34.8 Å². The normalized spacial score (nSPS) is 12.2. The van der Waals surface area contributed by atoms with Crippen molar-refractivity contribution < 1.29 is 22.0 Å². The largest absolute Gasteiger partial charge is 0.354 e. The van der Waals surface area contributed by atoms with Gasteiger partial charge in [-0.05, 0) is 27.7 Å². The van der Waals surface area contributed by atoms with Crippen molar-refractivity contribution in [2.45, 2.75) is 39.8 Å². The molecule has 0 amide bonds. The number of aliphatic imine (C=N–C) groups is 1. The molecule has 118 valence electrons. The van der Waals surface area contributed by atoms with Crippen molar-refractivity contribution in [3.05, 3.63) is 29.1 Å². The number of nitrogens with zero attached hydrogens (tertiary/aromatic N) is 1. The van der Waals surface area contributed by atoms with E-state index in [1.807, 2.05) is 0 Å². The monoisotopic (exact) mass is 309 g/mol. The standard InChI is InChI=1S/C13H16F5N3/c1-5(2)19-13(20-6(3)4)21-12-10(17)8(15)7(14)9(16)11(12)18/h5-6H,1-4H3,(H2,19,20,21). The summed E-state index contributed by atoms with van der Waals surface area (Å²) in [4.78, 5) is 4.00. The molecule has 3 nitrogen and oxygen atoms in total. The number of rotatable bonds is 3. The zero-order chi connectivity index (χ0) is 16.3. The van der Waals surface area contributed by atoms with Crippen LogP contribution in [0, 0.1) is 29.1 Å². The van der Waals surface area contributed by atoms with Crippen LogP contribution in [-0.4, -0.2) is 18.0 Å². The van der Waals surface area contributed by atoms with Gasteiger partial charge in [0.25, 0.3) is 0 Å². The maximum absolute atomic E-state index is 13.6. The highest BCUT2D eigenvalue weighted by Gasteiger charge is 2.26. The van der Waals surface area contributed by atoms with E-state index in [1.54, 1.807) is 27.7 Å². The average molecular weight is 309 g/mol. The van der Waals surface area contributed by atoms with Gasteiger partial charge in [0.2, 0.25) is 5.82 Å². The first-order valence-electron chi connectivity index (χ1n) is 6.27. The molecule has 0 aliphatic carbocycles. The van der Waals surface area contributed by atoms with Crippen LogP contribution in [0.5, 0.6) is 0 Å². The van der Waals surface area contributed by atoms with E-state index in [-0.39, 0.29) is 18.0 Å². The van der Waals surface area contributed by atoms with E-state index in [2.05, 4.69) is 15.6 Å². The molecular formula is C13H16F5N3. The molecule has 0 aliphatic rings. The summed E-state index contributed by atoms with van der Waals surface area (Å²) < 4.78 is 66.3. The van der Waals surface area contributed by atoms with Crippen LogP contribution >= 0.6 is 0 Å². The smallest absolute Gasteiger partial charge is 0.200 e. The lowest BCUT2D eigenvalue weighted by Gasteiger charge is -2.17. The minimum Gasteiger partial charge on any atom is -0.354 e. The van der Waals surface area contributed by atoms with Crippen molar-refractivity contribution in [3.63, 3.8) is 0 Å². The van der Waals surface area contributed by atoms with Crippen LogP contribution in [0.4, 0.5) is 27.6 Å². The summed E-state index contributed by atoms with van der Waals surface area (Å²) in [6, 6.07) is -0.406. The van der Waals surface area contributed by atoms with Crippen LogP contribution in [0.2, 0.25) is 0 Å². The summed E-state index contributed by atoms with van der Waals surface area (Å²) in [6.07, 6.45) is 0. The third kappa shape index (κ3) is 4.05. The first-order valence-corrected chi connectivity index (χ1v) is 6.27. The third-order valence-corrected chi connectivity index (χ3v) is 2.27. The van der Waals surface area contributed by atoms with Crippen LogP contribution in [-0.2, 0) is 0 Å². The number of hydrogen-bond donors (Lipinski definition) is 2. The molecule has 0 heterocycles. The predicted octanol–water partition coefficient (Wildman–Crippen LogP) is 3.56. The Kier molecular flexibility index (Phi) is 5.51. The Morgan fingerprint density at radius 2 is 1.24 bits per heavy atom. The van der Waals surface area contributed by atoms with E-state index in [0.717, 1.165) is 0 Å². The first kappa shape index (κ1) is 17.2. The third-order valence-electron chi connectivity index (χ3n) is 2.27. The lowest BCUT2D eigenvalue weighted by atomic mass is 10.2. The molecule has 8 heteroatoms. The van der Waals surface area contributed by atoms with E-state index in [1.165, 1.54) is 0 Å². The van der Waals surface area contributed by atoms with Gasteiger partial charge in [0.1, 0.15) is 5.69 Å². The summed E-state index contributed by atoms with van der Waals surface area (Å²) in [5.41, 5.74) is -1.14. The van der Waals surface area contributed by atoms with Gasteiger partial charge in [-0.25, -0.2) is 22.0 Å². The molecule has 1 aromatic carbocycles. The van der Waals surface area contributed by atoms with E-state index in [9.17, 15) is 22.0 Å². The highest BCUT2D eigenvalue weighted by Crippen LogP contribution is 2.27. The van der Waals surface area contributed by atoms with Crippen molar-refractivity contribution >= 4 is 11.6 Å². The Morgan fingerprint density at radius 3 is 1.62 bits per heavy atom. The highest BCUT2D eigenvalue weighted by molar-refractivity contribution is 5.94. The molecule has 0 unspecified atom stereocenters. The summed E-state index contributed by atoms with van der Waals surface area (Å²) >= 11 is 0. The molecule has 21 heavy (non-hydrogen) atoms. The van der Waals surface area contributed by atoms with Gasteiger partial charge in [0, 0.05) is 12.1 Å². The summed E-state index contributed by atoms with van der Waals surface area (Å²) in [5.74, 6) is -10.2. The molecule has 0 aromatic heterocycles. The van der Waals surface area contributed by atoms with Crippen LogP contribution in [0.15, 0.2) is 4.99 Å². The van der Waals surface area contributed by atoms with Gasteiger partial charge < -0.3 is 10.6 Å². The predicted molar refractivity (Wildman–Crippen MR) is 70.7 cm³/mol. The molecule has 0 atom stereocenters. The average Bonchev–Trinajstić information content (AvgIpc) is 2.37. The first-order chi connectivity index (χ1) is 9.65. The zero-order valence-electron chi connectivity index (χ0n) is 12.0. The van der Waals surface area contributed by atoms with Crippen molar-refractivity contribution in [1.82, 2.24) is 5.32 Å². The molecule has 0 saturated heterocycles. The summed E-state index contributed by atoms with van der Waals surface area (Å²) in [7, 11) is 0. The van der Waals surface area contributed by atoms with Gasteiger partial charge in [-0.15, -0.1) is 0 Å². The number of nitrogens with one attached hydrogen (secondary N) is 2. The maximum Gasteiger partial charge on any atom is 0.200 e. The van der Waals surface area contributed by atoms with Gasteiger partial charge in [0.15, 0.2) is 29.2 Å². The Hall–Kier alpha value is -1.86. The van der Waals surface area contributed by atoms with Crippen molar-refractivity contribution in [1.29, 1.82) is 0 Å². The Balaban J connectivity index is 3.27. The molecule has 2 N–H and O–H groups in total. The SMILES string of the molecule is CC(C)N=C(Nc1c(F)c(F)c(F)c(F)c1F)NC(C)C. The lowest BCUT2D eigenvalue weighted by Crippen LogP contribution is -2.37. The van der Waals surface area contributed by atoms with Crippen LogP contribution in [0.3, 0.4) is 0 Å². The van der Waals surface area contributed by atoms with Crippen LogP contribution in [0.1, 0.15) is 27.7 Å². The highest BCUT2D eigenvalue weighted by atomic mass is 19.2. The number of guanidine groups is 1. The number of halogens is 5.